The zero-order valence-corrected chi connectivity index (χ0v) is 12.1. The number of rotatable bonds is 5. The van der Waals surface area contributed by atoms with Gasteiger partial charge in [-0.1, -0.05) is 56.3 Å². The Morgan fingerprint density at radius 1 is 1.00 bits per heavy atom. The number of carbonyl (C=O) groups excluding carboxylic acids is 1. The van der Waals surface area contributed by atoms with E-state index >= 15 is 0 Å². The standard InChI is InChI=1S/C18H21NO/c1-14(2)11-16-9-6-10-17(12-16)18(20)19-13-15-7-4-3-5-8-15/h3-10,12,14H,11,13H2,1-2H3,(H,19,20). The van der Waals surface area contributed by atoms with Crippen molar-refractivity contribution in [2.75, 3.05) is 0 Å². The largest absolute Gasteiger partial charge is 0.348 e. The van der Waals surface area contributed by atoms with Crippen molar-refractivity contribution in [1.29, 1.82) is 0 Å². The quantitative estimate of drug-likeness (QED) is 0.876. The summed E-state index contributed by atoms with van der Waals surface area (Å²) in [5.74, 6) is 0.581. The van der Waals surface area contributed by atoms with Gasteiger partial charge in [-0.3, -0.25) is 4.79 Å². The molecule has 104 valence electrons. The molecule has 0 aliphatic rings. The Morgan fingerprint density at radius 3 is 2.40 bits per heavy atom. The Bertz CT molecular complexity index is 561. The molecule has 0 saturated carbocycles. The predicted molar refractivity (Wildman–Crippen MR) is 82.6 cm³/mol. The number of hydrogen-bond acceptors (Lipinski definition) is 1. The zero-order chi connectivity index (χ0) is 14.4. The number of nitrogens with one attached hydrogen (secondary N) is 1. The highest BCUT2D eigenvalue weighted by Gasteiger charge is 2.06. The first-order valence-corrected chi connectivity index (χ1v) is 7.06. The van der Waals surface area contributed by atoms with Crippen LogP contribution in [0.15, 0.2) is 54.6 Å². The molecule has 0 saturated heterocycles. The van der Waals surface area contributed by atoms with E-state index in [2.05, 4.69) is 25.2 Å². The summed E-state index contributed by atoms with van der Waals surface area (Å²) in [6, 6.07) is 17.8. The van der Waals surface area contributed by atoms with Crippen LogP contribution in [0.1, 0.15) is 35.3 Å². The third-order valence-corrected chi connectivity index (χ3v) is 3.13. The van der Waals surface area contributed by atoms with E-state index in [1.165, 1.54) is 5.56 Å². The van der Waals surface area contributed by atoms with E-state index in [0.29, 0.717) is 12.5 Å². The molecule has 1 amide bonds. The SMILES string of the molecule is CC(C)Cc1cccc(C(=O)NCc2ccccc2)c1. The zero-order valence-electron chi connectivity index (χ0n) is 12.1. The lowest BCUT2D eigenvalue weighted by atomic mass is 10.0. The van der Waals surface area contributed by atoms with E-state index < -0.39 is 0 Å². The number of benzene rings is 2. The van der Waals surface area contributed by atoms with Gasteiger partial charge in [-0.25, -0.2) is 0 Å². The van der Waals surface area contributed by atoms with Crippen LogP contribution in [-0.4, -0.2) is 5.91 Å². The highest BCUT2D eigenvalue weighted by Crippen LogP contribution is 2.11. The van der Waals surface area contributed by atoms with E-state index in [1.807, 2.05) is 48.5 Å². The molecule has 2 aromatic carbocycles. The summed E-state index contributed by atoms with van der Waals surface area (Å²) in [5, 5.41) is 2.96. The van der Waals surface area contributed by atoms with Gasteiger partial charge in [-0.15, -0.1) is 0 Å². The molecule has 0 aliphatic heterocycles. The van der Waals surface area contributed by atoms with Crippen LogP contribution in [0.3, 0.4) is 0 Å². The first-order chi connectivity index (χ1) is 9.65. The Morgan fingerprint density at radius 2 is 1.70 bits per heavy atom. The number of carbonyl (C=O) groups is 1. The van der Waals surface area contributed by atoms with Crippen LogP contribution in [0.4, 0.5) is 0 Å². The molecular formula is C18H21NO. The molecule has 2 rings (SSSR count). The summed E-state index contributed by atoms with van der Waals surface area (Å²) in [6.45, 7) is 4.93. The summed E-state index contributed by atoms with van der Waals surface area (Å²) < 4.78 is 0. The lowest BCUT2D eigenvalue weighted by molar-refractivity contribution is 0.0951. The lowest BCUT2D eigenvalue weighted by Crippen LogP contribution is -2.22. The number of amides is 1. The van der Waals surface area contributed by atoms with Crippen molar-refractivity contribution >= 4 is 5.91 Å². The van der Waals surface area contributed by atoms with Gasteiger partial charge in [-0.05, 0) is 35.6 Å². The van der Waals surface area contributed by atoms with Gasteiger partial charge in [0.15, 0.2) is 0 Å². The van der Waals surface area contributed by atoms with Crippen molar-refractivity contribution in [1.82, 2.24) is 5.32 Å². The van der Waals surface area contributed by atoms with Crippen LogP contribution < -0.4 is 5.32 Å². The first-order valence-electron chi connectivity index (χ1n) is 7.06. The minimum atomic E-state index is -0.0144. The molecule has 2 nitrogen and oxygen atoms in total. The Balaban J connectivity index is 1.98. The first kappa shape index (κ1) is 14.3. The Hall–Kier alpha value is -2.09. The fourth-order valence-electron chi connectivity index (χ4n) is 2.19. The summed E-state index contributed by atoms with van der Waals surface area (Å²) >= 11 is 0. The second-order valence-corrected chi connectivity index (χ2v) is 5.47. The molecule has 0 fully saturated rings. The van der Waals surface area contributed by atoms with Crippen LogP contribution in [0.25, 0.3) is 0 Å². The van der Waals surface area contributed by atoms with Crippen molar-refractivity contribution in [3.63, 3.8) is 0 Å². The Labute approximate surface area is 120 Å². The highest BCUT2D eigenvalue weighted by atomic mass is 16.1. The van der Waals surface area contributed by atoms with Gasteiger partial charge in [0.25, 0.3) is 5.91 Å². The summed E-state index contributed by atoms with van der Waals surface area (Å²) in [5.41, 5.74) is 3.06. The van der Waals surface area contributed by atoms with Gasteiger partial charge >= 0.3 is 0 Å². The van der Waals surface area contributed by atoms with E-state index in [9.17, 15) is 4.79 Å². The van der Waals surface area contributed by atoms with E-state index in [0.717, 1.165) is 17.5 Å². The maximum Gasteiger partial charge on any atom is 0.251 e. The molecular weight excluding hydrogens is 246 g/mol. The average molecular weight is 267 g/mol. The molecule has 0 heterocycles. The lowest BCUT2D eigenvalue weighted by Gasteiger charge is -2.08. The maximum atomic E-state index is 12.1. The molecule has 0 radical (unpaired) electrons. The molecule has 2 heteroatoms. The molecule has 1 N–H and O–H groups in total. The van der Waals surface area contributed by atoms with Gasteiger partial charge in [0.05, 0.1) is 0 Å². The minimum absolute atomic E-state index is 0.0144. The second-order valence-electron chi connectivity index (χ2n) is 5.47. The van der Waals surface area contributed by atoms with Crippen LogP contribution in [0.5, 0.6) is 0 Å². The maximum absolute atomic E-state index is 12.1. The van der Waals surface area contributed by atoms with E-state index in [1.54, 1.807) is 0 Å². The molecule has 0 unspecified atom stereocenters. The highest BCUT2D eigenvalue weighted by molar-refractivity contribution is 5.94. The summed E-state index contributed by atoms with van der Waals surface area (Å²) in [4.78, 5) is 12.1. The monoisotopic (exact) mass is 267 g/mol. The van der Waals surface area contributed by atoms with Crippen molar-refractivity contribution in [2.45, 2.75) is 26.8 Å². The van der Waals surface area contributed by atoms with E-state index in [-0.39, 0.29) is 5.91 Å². The molecule has 0 atom stereocenters. The Kier molecular flexibility index (Phi) is 4.94. The summed E-state index contributed by atoms with van der Waals surface area (Å²) in [7, 11) is 0. The van der Waals surface area contributed by atoms with Crippen molar-refractivity contribution in [3.05, 3.63) is 71.3 Å². The number of hydrogen-bond donors (Lipinski definition) is 1. The van der Waals surface area contributed by atoms with Gasteiger partial charge in [-0.2, -0.15) is 0 Å². The molecule has 0 aromatic heterocycles. The van der Waals surface area contributed by atoms with E-state index in [4.69, 9.17) is 0 Å². The average Bonchev–Trinajstić information content (AvgIpc) is 2.45. The van der Waals surface area contributed by atoms with Gasteiger partial charge in [0, 0.05) is 12.1 Å². The fourth-order valence-corrected chi connectivity index (χ4v) is 2.19. The molecule has 0 aliphatic carbocycles. The van der Waals surface area contributed by atoms with Gasteiger partial charge in [0.1, 0.15) is 0 Å². The van der Waals surface area contributed by atoms with Crippen molar-refractivity contribution < 1.29 is 4.79 Å². The molecule has 0 spiro atoms. The molecule has 0 bridgehead atoms. The van der Waals surface area contributed by atoms with Crippen LogP contribution in [0, 0.1) is 5.92 Å². The van der Waals surface area contributed by atoms with Gasteiger partial charge in [0.2, 0.25) is 0 Å². The predicted octanol–water partition coefficient (Wildman–Crippen LogP) is 3.82. The van der Waals surface area contributed by atoms with Crippen LogP contribution in [-0.2, 0) is 13.0 Å². The smallest absolute Gasteiger partial charge is 0.251 e. The molecule has 20 heavy (non-hydrogen) atoms. The van der Waals surface area contributed by atoms with Crippen molar-refractivity contribution in [3.8, 4) is 0 Å². The van der Waals surface area contributed by atoms with Crippen LogP contribution in [0.2, 0.25) is 0 Å². The van der Waals surface area contributed by atoms with Crippen molar-refractivity contribution in [2.24, 2.45) is 5.92 Å². The van der Waals surface area contributed by atoms with Gasteiger partial charge < -0.3 is 5.32 Å². The van der Waals surface area contributed by atoms with Crippen LogP contribution >= 0.6 is 0 Å². The minimum Gasteiger partial charge on any atom is -0.348 e. The topological polar surface area (TPSA) is 29.1 Å². The molecule has 2 aromatic rings. The second kappa shape index (κ2) is 6.90. The normalized spacial score (nSPS) is 10.6. The summed E-state index contributed by atoms with van der Waals surface area (Å²) in [6.07, 6.45) is 1.000. The fraction of sp³-hybridized carbons (Fsp3) is 0.278. The third-order valence-electron chi connectivity index (χ3n) is 3.13. The third kappa shape index (κ3) is 4.23.